The van der Waals surface area contributed by atoms with E-state index in [-0.39, 0.29) is 10.8 Å². The van der Waals surface area contributed by atoms with Gasteiger partial charge in [0.25, 0.3) is 0 Å². The third-order valence-electron chi connectivity index (χ3n) is 3.61. The van der Waals surface area contributed by atoms with E-state index in [2.05, 4.69) is 0 Å². The van der Waals surface area contributed by atoms with Crippen molar-refractivity contribution in [3.63, 3.8) is 0 Å². The van der Waals surface area contributed by atoms with Crippen molar-refractivity contribution in [2.75, 3.05) is 0 Å². The summed E-state index contributed by atoms with van der Waals surface area (Å²) in [6.07, 6.45) is 0. The van der Waals surface area contributed by atoms with Gasteiger partial charge in [-0.15, -0.1) is 0 Å². The first-order valence-electron chi connectivity index (χ1n) is 5.26. The van der Waals surface area contributed by atoms with Gasteiger partial charge in [-0.1, -0.05) is 34.6 Å². The lowest BCUT2D eigenvalue weighted by atomic mass is 9.65. The summed E-state index contributed by atoms with van der Waals surface area (Å²) < 4.78 is 26.5. The second-order valence-electron chi connectivity index (χ2n) is 5.66. The van der Waals surface area contributed by atoms with Gasteiger partial charge in [-0.05, 0) is 28.5 Å². The standard InChI is InChI=1S/C13H18F2O/c1-12(2,3)13(4,5)8-6-9(14)11(16)10(15)7-8/h6-7,16H,1-5H3. The molecule has 0 saturated carbocycles. The van der Waals surface area contributed by atoms with Crippen molar-refractivity contribution in [2.24, 2.45) is 5.41 Å². The molecule has 0 unspecified atom stereocenters. The summed E-state index contributed by atoms with van der Waals surface area (Å²) in [5, 5.41) is 9.05. The highest BCUT2D eigenvalue weighted by Gasteiger charge is 2.35. The molecule has 1 aromatic rings. The van der Waals surface area contributed by atoms with Crippen LogP contribution < -0.4 is 0 Å². The maximum absolute atomic E-state index is 13.3. The predicted octanol–water partition coefficient (Wildman–Crippen LogP) is 3.99. The molecule has 1 rings (SSSR count). The Kier molecular flexibility index (Phi) is 3.01. The number of phenols is 1. The average Bonchev–Trinajstić information content (AvgIpc) is 2.11. The number of benzene rings is 1. The number of hydrogen-bond donors (Lipinski definition) is 1. The van der Waals surface area contributed by atoms with Crippen molar-refractivity contribution < 1.29 is 13.9 Å². The van der Waals surface area contributed by atoms with Crippen LogP contribution in [0.5, 0.6) is 5.75 Å². The molecule has 16 heavy (non-hydrogen) atoms. The van der Waals surface area contributed by atoms with Crippen LogP contribution in [0.2, 0.25) is 0 Å². The second kappa shape index (κ2) is 3.72. The summed E-state index contributed by atoms with van der Waals surface area (Å²) >= 11 is 0. The third kappa shape index (κ3) is 2.04. The molecule has 0 spiro atoms. The Morgan fingerprint density at radius 1 is 0.938 bits per heavy atom. The van der Waals surface area contributed by atoms with Gasteiger partial charge >= 0.3 is 0 Å². The summed E-state index contributed by atoms with van der Waals surface area (Å²) in [5.41, 5.74) is 0.0263. The number of phenolic OH excluding ortho intramolecular Hbond substituents is 1. The highest BCUT2D eigenvalue weighted by molar-refractivity contribution is 5.35. The summed E-state index contributed by atoms with van der Waals surface area (Å²) in [7, 11) is 0. The minimum Gasteiger partial charge on any atom is -0.503 e. The molecule has 0 atom stereocenters. The Morgan fingerprint density at radius 3 is 1.62 bits per heavy atom. The van der Waals surface area contributed by atoms with Crippen LogP contribution in [-0.4, -0.2) is 5.11 Å². The van der Waals surface area contributed by atoms with Crippen LogP contribution in [0.25, 0.3) is 0 Å². The SMILES string of the molecule is CC(C)(C)C(C)(C)c1cc(F)c(O)c(F)c1. The van der Waals surface area contributed by atoms with Crippen molar-refractivity contribution in [2.45, 2.75) is 40.0 Å². The van der Waals surface area contributed by atoms with E-state index in [0.29, 0.717) is 5.56 Å². The number of rotatable bonds is 1. The van der Waals surface area contributed by atoms with Crippen LogP contribution >= 0.6 is 0 Å². The highest BCUT2D eigenvalue weighted by Crippen LogP contribution is 2.42. The Bertz CT molecular complexity index is 380. The maximum Gasteiger partial charge on any atom is 0.187 e. The van der Waals surface area contributed by atoms with E-state index >= 15 is 0 Å². The molecular formula is C13H18F2O. The van der Waals surface area contributed by atoms with E-state index in [1.54, 1.807) is 0 Å². The molecule has 1 nitrogen and oxygen atoms in total. The van der Waals surface area contributed by atoms with Crippen molar-refractivity contribution in [1.82, 2.24) is 0 Å². The van der Waals surface area contributed by atoms with Crippen molar-refractivity contribution in [1.29, 1.82) is 0 Å². The minimum absolute atomic E-state index is 0.136. The van der Waals surface area contributed by atoms with Crippen molar-refractivity contribution >= 4 is 0 Å². The van der Waals surface area contributed by atoms with E-state index in [9.17, 15) is 8.78 Å². The number of aromatic hydroxyl groups is 1. The Morgan fingerprint density at radius 2 is 1.31 bits per heavy atom. The zero-order valence-corrected chi connectivity index (χ0v) is 10.4. The van der Waals surface area contributed by atoms with E-state index in [0.717, 1.165) is 0 Å². The van der Waals surface area contributed by atoms with Crippen LogP contribution in [0.1, 0.15) is 40.2 Å². The van der Waals surface area contributed by atoms with Crippen LogP contribution in [0, 0.1) is 17.0 Å². The quantitative estimate of drug-likeness (QED) is 0.770. The summed E-state index contributed by atoms with van der Waals surface area (Å²) in [6.45, 7) is 9.89. The Hall–Kier alpha value is -1.12. The first-order chi connectivity index (χ1) is 7.07. The van der Waals surface area contributed by atoms with Crippen LogP contribution in [-0.2, 0) is 5.41 Å². The number of halogens is 2. The minimum atomic E-state index is -0.910. The maximum atomic E-state index is 13.3. The molecule has 3 heteroatoms. The highest BCUT2D eigenvalue weighted by atomic mass is 19.1. The van der Waals surface area contributed by atoms with Crippen molar-refractivity contribution in [3.05, 3.63) is 29.3 Å². The second-order valence-corrected chi connectivity index (χ2v) is 5.66. The lowest BCUT2D eigenvalue weighted by Gasteiger charge is -2.39. The molecule has 0 aliphatic carbocycles. The zero-order chi connectivity index (χ0) is 12.7. The molecule has 0 saturated heterocycles. The van der Waals surface area contributed by atoms with E-state index in [4.69, 9.17) is 5.11 Å². The zero-order valence-electron chi connectivity index (χ0n) is 10.4. The van der Waals surface area contributed by atoms with E-state index < -0.39 is 17.4 Å². The molecule has 0 aromatic heterocycles. The van der Waals surface area contributed by atoms with Crippen molar-refractivity contribution in [3.8, 4) is 5.75 Å². The first kappa shape index (κ1) is 12.9. The summed E-state index contributed by atoms with van der Waals surface area (Å²) in [4.78, 5) is 0. The van der Waals surface area contributed by atoms with E-state index in [1.165, 1.54) is 12.1 Å². The van der Waals surface area contributed by atoms with Gasteiger partial charge < -0.3 is 5.11 Å². The summed E-state index contributed by atoms with van der Waals surface area (Å²) in [5.74, 6) is -2.73. The lowest BCUT2D eigenvalue weighted by molar-refractivity contribution is 0.223. The fraction of sp³-hybridized carbons (Fsp3) is 0.538. The Labute approximate surface area is 95.1 Å². The van der Waals surface area contributed by atoms with Gasteiger partial charge in [-0.2, -0.15) is 0 Å². The normalized spacial score (nSPS) is 12.9. The molecule has 1 N–H and O–H groups in total. The van der Waals surface area contributed by atoms with Crippen LogP contribution in [0.4, 0.5) is 8.78 Å². The molecule has 0 aliphatic heterocycles. The van der Waals surface area contributed by atoms with Crippen LogP contribution in [0.3, 0.4) is 0 Å². The predicted molar refractivity (Wildman–Crippen MR) is 60.5 cm³/mol. The molecule has 1 aromatic carbocycles. The molecule has 0 bridgehead atoms. The van der Waals surface area contributed by atoms with Crippen LogP contribution in [0.15, 0.2) is 12.1 Å². The van der Waals surface area contributed by atoms with Gasteiger partial charge in [0.1, 0.15) is 0 Å². The molecule has 0 radical (unpaired) electrons. The largest absolute Gasteiger partial charge is 0.503 e. The smallest absolute Gasteiger partial charge is 0.187 e. The fourth-order valence-electron chi connectivity index (χ4n) is 1.36. The lowest BCUT2D eigenvalue weighted by Crippen LogP contribution is -2.34. The number of hydrogen-bond acceptors (Lipinski definition) is 1. The first-order valence-corrected chi connectivity index (χ1v) is 5.26. The molecule has 0 amide bonds. The van der Waals surface area contributed by atoms with Gasteiger partial charge in [0.2, 0.25) is 0 Å². The third-order valence-corrected chi connectivity index (χ3v) is 3.61. The van der Waals surface area contributed by atoms with Gasteiger partial charge in [0, 0.05) is 0 Å². The van der Waals surface area contributed by atoms with E-state index in [1.807, 2.05) is 34.6 Å². The van der Waals surface area contributed by atoms with Gasteiger partial charge in [0.15, 0.2) is 17.4 Å². The molecular weight excluding hydrogens is 210 g/mol. The fourth-order valence-corrected chi connectivity index (χ4v) is 1.36. The molecule has 0 heterocycles. The molecule has 0 aliphatic rings. The average molecular weight is 228 g/mol. The summed E-state index contributed by atoms with van der Waals surface area (Å²) in [6, 6.07) is 2.40. The molecule has 90 valence electrons. The molecule has 0 fully saturated rings. The van der Waals surface area contributed by atoms with Gasteiger partial charge in [-0.25, -0.2) is 8.78 Å². The monoisotopic (exact) mass is 228 g/mol. The Balaban J connectivity index is 3.35. The topological polar surface area (TPSA) is 20.2 Å². The van der Waals surface area contributed by atoms with Gasteiger partial charge in [-0.3, -0.25) is 0 Å². The van der Waals surface area contributed by atoms with Gasteiger partial charge in [0.05, 0.1) is 0 Å².